The zero-order valence-electron chi connectivity index (χ0n) is 25.5. The lowest BCUT2D eigenvalue weighted by molar-refractivity contribution is -0.115. The largest absolute Gasteiger partial charge is 0.496 e. The van der Waals surface area contributed by atoms with Crippen LogP contribution >= 0.6 is 0 Å². The first kappa shape index (κ1) is 32.6. The van der Waals surface area contributed by atoms with Crippen molar-refractivity contribution in [3.8, 4) is 22.8 Å². The number of nitrogens with zero attached hydrogens (tertiary/aromatic N) is 2. The second-order valence-electron chi connectivity index (χ2n) is 10.1. The third-order valence-corrected chi connectivity index (χ3v) is 6.10. The summed E-state index contributed by atoms with van der Waals surface area (Å²) >= 11 is 0. The first-order valence-electron chi connectivity index (χ1n) is 14.3. The molecule has 2 aromatic carbocycles. The molecule has 3 aromatic rings. The lowest BCUT2D eigenvalue weighted by Gasteiger charge is -2.27. The van der Waals surface area contributed by atoms with Crippen molar-refractivity contribution < 1.29 is 14.6 Å². The zero-order chi connectivity index (χ0) is 29.7. The molecule has 1 unspecified atom stereocenters. The fraction of sp³-hybridized carbons (Fsp3) is 0.412. The van der Waals surface area contributed by atoms with Gasteiger partial charge in [0.1, 0.15) is 17.7 Å². The number of hydrogen-bond acceptors (Lipinski definition) is 5. The van der Waals surface area contributed by atoms with E-state index in [2.05, 4.69) is 74.9 Å². The van der Waals surface area contributed by atoms with Gasteiger partial charge in [-0.3, -0.25) is 9.89 Å². The molecular formula is C34H47N3O3. The van der Waals surface area contributed by atoms with E-state index in [1.807, 2.05) is 30.5 Å². The van der Waals surface area contributed by atoms with Crippen LogP contribution in [0, 0.1) is 6.92 Å². The number of carbonyl (C=O) groups is 1. The van der Waals surface area contributed by atoms with E-state index in [9.17, 15) is 9.90 Å². The third-order valence-electron chi connectivity index (χ3n) is 6.10. The number of benzene rings is 2. The van der Waals surface area contributed by atoms with Crippen LogP contribution in [0.3, 0.4) is 0 Å². The number of aromatic nitrogens is 1. The molecule has 0 bridgehead atoms. The van der Waals surface area contributed by atoms with E-state index >= 15 is 0 Å². The number of Topliss-reactive ketones (excluding diaryl/α,β-unsaturated/α-hetero) is 1. The normalized spacial score (nSPS) is 15.0. The second-order valence-corrected chi connectivity index (χ2v) is 10.1. The summed E-state index contributed by atoms with van der Waals surface area (Å²) in [4.78, 5) is 19.7. The lowest BCUT2D eigenvalue weighted by Crippen LogP contribution is -2.34. The summed E-state index contributed by atoms with van der Waals surface area (Å²) in [6.45, 7) is 15.9. The van der Waals surface area contributed by atoms with Gasteiger partial charge in [0.15, 0.2) is 5.88 Å². The molecule has 2 N–H and O–H groups in total. The van der Waals surface area contributed by atoms with Gasteiger partial charge < -0.3 is 19.6 Å². The first-order chi connectivity index (χ1) is 19.2. The Kier molecular flexibility index (Phi) is 13.4. The molecule has 0 aliphatic carbocycles. The molecule has 1 aliphatic heterocycles. The Morgan fingerprint density at radius 3 is 2.30 bits per heavy atom. The number of nitrogens with one attached hydrogen (secondary N) is 1. The van der Waals surface area contributed by atoms with Crippen molar-refractivity contribution in [1.29, 1.82) is 0 Å². The van der Waals surface area contributed by atoms with Crippen LogP contribution in [0.1, 0.15) is 71.9 Å². The number of allylic oxidation sites excluding steroid dienone is 2. The molecule has 6 nitrogen and oxygen atoms in total. The summed E-state index contributed by atoms with van der Waals surface area (Å²) in [6, 6.07) is 12.2. The quantitative estimate of drug-likeness (QED) is 0.298. The number of aryl methyl sites for hydroxylation is 1. The molecular weight excluding hydrogens is 498 g/mol. The first-order valence-corrected chi connectivity index (χ1v) is 14.3. The minimum atomic E-state index is 0.0822. The van der Waals surface area contributed by atoms with E-state index in [1.165, 1.54) is 20.3 Å². The maximum absolute atomic E-state index is 10.7. The van der Waals surface area contributed by atoms with E-state index in [-0.39, 0.29) is 17.8 Å². The number of carbonyl (C=O) groups excluding carboxylic acids is 1. The van der Waals surface area contributed by atoms with Gasteiger partial charge in [-0.05, 0) is 80.7 Å². The number of rotatable bonds is 8. The van der Waals surface area contributed by atoms with Crippen LogP contribution in [0.5, 0.6) is 11.6 Å². The van der Waals surface area contributed by atoms with E-state index in [4.69, 9.17) is 9.73 Å². The third kappa shape index (κ3) is 8.95. The van der Waals surface area contributed by atoms with Crippen molar-refractivity contribution in [3.63, 3.8) is 0 Å². The number of ether oxygens (including phenoxy) is 1. The van der Waals surface area contributed by atoms with E-state index in [0.717, 1.165) is 70.4 Å². The van der Waals surface area contributed by atoms with Gasteiger partial charge in [0.25, 0.3) is 0 Å². The summed E-state index contributed by atoms with van der Waals surface area (Å²) in [5, 5.41) is 11.6. The van der Waals surface area contributed by atoms with Gasteiger partial charge in [0.2, 0.25) is 0 Å². The van der Waals surface area contributed by atoms with Gasteiger partial charge in [-0.1, -0.05) is 58.4 Å². The van der Waals surface area contributed by atoms with Crippen LogP contribution in [-0.2, 0) is 4.79 Å². The molecule has 2 heterocycles. The lowest BCUT2D eigenvalue weighted by atomic mass is 9.97. The summed E-state index contributed by atoms with van der Waals surface area (Å²) in [5.74, 6) is 1.17. The number of aromatic amines is 1. The molecule has 0 spiro atoms. The number of methoxy groups -OCH3 is 1. The van der Waals surface area contributed by atoms with Crippen LogP contribution in [0.4, 0.5) is 0 Å². The summed E-state index contributed by atoms with van der Waals surface area (Å²) in [6.07, 6.45) is 11.7. The summed E-state index contributed by atoms with van der Waals surface area (Å²) in [5.41, 5.74) is 5.89. The molecule has 40 heavy (non-hydrogen) atoms. The molecule has 1 aliphatic rings. The number of hydrogen-bond donors (Lipinski definition) is 2. The molecule has 1 aromatic heterocycles. The highest BCUT2D eigenvalue weighted by Gasteiger charge is 2.17. The Morgan fingerprint density at radius 1 is 1.10 bits per heavy atom. The van der Waals surface area contributed by atoms with Gasteiger partial charge in [-0.2, -0.15) is 0 Å². The van der Waals surface area contributed by atoms with Gasteiger partial charge in [-0.15, -0.1) is 0 Å². The van der Waals surface area contributed by atoms with Crippen molar-refractivity contribution in [2.75, 3.05) is 20.2 Å². The maximum Gasteiger partial charge on any atom is 0.196 e. The standard InChI is InChI=1S/C28H33N3O2.C3H6O.C3H8/c1-5-14-31(15-6-2)26-13-10-20(18-29-26)16-23-22-17-21(11-12-24(22)30-28(23)32)27-19(3)8-7-9-25(27)33-4;1-3(2)4;1-3-2/h7-13,16-18,26,30,32H,5-6,14-15H2,1-4H3;1-2H3;3H2,1-2H3/b20-16-;;. The molecule has 0 fully saturated rings. The second kappa shape index (κ2) is 16.5. The molecule has 0 saturated carbocycles. The average molecular weight is 546 g/mol. The summed E-state index contributed by atoms with van der Waals surface area (Å²) < 4.78 is 5.61. The molecule has 4 rings (SSSR count). The smallest absolute Gasteiger partial charge is 0.196 e. The van der Waals surface area contributed by atoms with Crippen molar-refractivity contribution in [2.45, 2.75) is 73.9 Å². The SMILES string of the molecule is CC(C)=O.CCC.CCCN(CCC)C1C=C/C(=C/c2c(O)[nH]c3ccc(-c4c(C)cccc4OC)cc23)C=N1. The van der Waals surface area contributed by atoms with Gasteiger partial charge in [0, 0.05) is 41.3 Å². The fourth-order valence-electron chi connectivity index (χ4n) is 4.55. The number of ketones is 1. The number of H-pyrrole nitrogens is 1. The van der Waals surface area contributed by atoms with Crippen LogP contribution < -0.4 is 4.74 Å². The van der Waals surface area contributed by atoms with Gasteiger partial charge in [-0.25, -0.2) is 0 Å². The van der Waals surface area contributed by atoms with Crippen LogP contribution in [0.15, 0.2) is 59.1 Å². The molecule has 0 amide bonds. The van der Waals surface area contributed by atoms with Crippen molar-refractivity contribution in [1.82, 2.24) is 9.88 Å². The number of fused-ring (bicyclic) bond motifs is 1. The molecule has 6 heteroatoms. The molecule has 0 saturated heterocycles. The van der Waals surface area contributed by atoms with Crippen LogP contribution in [0.2, 0.25) is 0 Å². The highest BCUT2D eigenvalue weighted by atomic mass is 16.5. The number of aromatic hydroxyl groups is 1. The Balaban J connectivity index is 0.000000722. The average Bonchev–Trinajstić information content (AvgIpc) is 3.23. The Labute approximate surface area is 240 Å². The van der Waals surface area contributed by atoms with Crippen molar-refractivity contribution in [3.05, 3.63) is 65.3 Å². The monoisotopic (exact) mass is 545 g/mol. The Hall–Kier alpha value is -3.64. The predicted octanol–water partition coefficient (Wildman–Crippen LogP) is 8.34. The fourth-order valence-corrected chi connectivity index (χ4v) is 4.55. The minimum absolute atomic E-state index is 0.0822. The van der Waals surface area contributed by atoms with Gasteiger partial charge >= 0.3 is 0 Å². The Morgan fingerprint density at radius 2 is 1.75 bits per heavy atom. The number of aliphatic imine (C=N–C) groups is 1. The van der Waals surface area contributed by atoms with E-state index < -0.39 is 0 Å². The van der Waals surface area contributed by atoms with Gasteiger partial charge in [0.05, 0.1) is 7.11 Å². The highest BCUT2D eigenvalue weighted by molar-refractivity contribution is 6.00. The summed E-state index contributed by atoms with van der Waals surface area (Å²) in [7, 11) is 1.69. The molecule has 0 radical (unpaired) electrons. The molecule has 1 atom stereocenters. The Bertz CT molecular complexity index is 1310. The van der Waals surface area contributed by atoms with Crippen LogP contribution in [0.25, 0.3) is 28.1 Å². The minimum Gasteiger partial charge on any atom is -0.496 e. The topological polar surface area (TPSA) is 77.9 Å². The zero-order valence-corrected chi connectivity index (χ0v) is 25.5. The van der Waals surface area contributed by atoms with Crippen LogP contribution in [-0.4, -0.2) is 53.4 Å². The van der Waals surface area contributed by atoms with E-state index in [1.54, 1.807) is 7.11 Å². The predicted molar refractivity (Wildman–Crippen MR) is 171 cm³/mol. The maximum atomic E-state index is 10.7. The van der Waals surface area contributed by atoms with Crippen molar-refractivity contribution in [2.24, 2.45) is 4.99 Å². The van der Waals surface area contributed by atoms with Crippen molar-refractivity contribution >= 4 is 29.0 Å². The van der Waals surface area contributed by atoms with E-state index in [0.29, 0.717) is 0 Å². The highest BCUT2D eigenvalue weighted by Crippen LogP contribution is 2.37. The number of dihydropyridines is 1. The molecule has 216 valence electrons.